The molecule has 1 aliphatic heterocycles. The van der Waals surface area contributed by atoms with Crippen LogP contribution in [0.5, 0.6) is 5.75 Å². The molecule has 0 spiro atoms. The van der Waals surface area contributed by atoms with Gasteiger partial charge >= 0.3 is 0 Å². The van der Waals surface area contributed by atoms with Gasteiger partial charge in [0.05, 0.1) is 7.11 Å². The molecule has 0 amide bonds. The maximum absolute atomic E-state index is 5.28. The van der Waals surface area contributed by atoms with Gasteiger partial charge in [0.25, 0.3) is 0 Å². The Hall–Kier alpha value is -1.06. The predicted molar refractivity (Wildman–Crippen MR) is 68.5 cm³/mol. The van der Waals surface area contributed by atoms with Gasteiger partial charge in [-0.05, 0) is 36.1 Å². The Morgan fingerprint density at radius 2 is 2.29 bits per heavy atom. The van der Waals surface area contributed by atoms with Crippen LogP contribution in [0.4, 0.5) is 0 Å². The highest BCUT2D eigenvalue weighted by Gasteiger charge is 2.25. The molecular formula is C14H20N2O. The van der Waals surface area contributed by atoms with Crippen molar-refractivity contribution in [2.24, 2.45) is 0 Å². The third-order valence-corrected chi connectivity index (χ3v) is 3.73. The van der Waals surface area contributed by atoms with E-state index >= 15 is 0 Å². The lowest BCUT2D eigenvalue weighted by Gasteiger charge is -2.27. The highest BCUT2D eigenvalue weighted by Crippen LogP contribution is 2.28. The molecule has 0 bridgehead atoms. The number of benzene rings is 1. The van der Waals surface area contributed by atoms with Crippen molar-refractivity contribution in [3.05, 3.63) is 29.3 Å². The summed E-state index contributed by atoms with van der Waals surface area (Å²) >= 11 is 0. The summed E-state index contributed by atoms with van der Waals surface area (Å²) in [6, 6.07) is 7.26. The van der Waals surface area contributed by atoms with Crippen LogP contribution in [0.1, 0.15) is 29.9 Å². The second kappa shape index (κ2) is 4.67. The second-order valence-electron chi connectivity index (χ2n) is 5.08. The van der Waals surface area contributed by atoms with Crippen LogP contribution in [0, 0.1) is 0 Å². The van der Waals surface area contributed by atoms with E-state index in [1.165, 1.54) is 24.0 Å². The number of ether oxygens (including phenoxy) is 1. The zero-order valence-corrected chi connectivity index (χ0v) is 10.3. The minimum absolute atomic E-state index is 0.602. The molecule has 2 aliphatic rings. The normalized spacial score (nSPS) is 23.2. The standard InChI is InChI=1S/C14H20N2O/c1-17-13-4-5-14-10(6-13)7-15-8-11(14)9-16-12-2-3-12/h4-6,11-12,15-16H,2-3,7-9H2,1H3. The van der Waals surface area contributed by atoms with Crippen LogP contribution >= 0.6 is 0 Å². The van der Waals surface area contributed by atoms with E-state index in [1.54, 1.807) is 7.11 Å². The molecule has 1 aromatic carbocycles. The van der Waals surface area contributed by atoms with Crippen LogP contribution in [-0.4, -0.2) is 26.2 Å². The fraction of sp³-hybridized carbons (Fsp3) is 0.571. The highest BCUT2D eigenvalue weighted by molar-refractivity contribution is 5.39. The van der Waals surface area contributed by atoms with Crippen molar-refractivity contribution in [2.45, 2.75) is 31.3 Å². The molecule has 0 saturated heterocycles. The molecule has 1 aromatic rings. The van der Waals surface area contributed by atoms with Gasteiger partial charge in [0.1, 0.15) is 5.75 Å². The van der Waals surface area contributed by atoms with Crippen molar-refractivity contribution < 1.29 is 4.74 Å². The van der Waals surface area contributed by atoms with Crippen LogP contribution in [0.3, 0.4) is 0 Å². The van der Waals surface area contributed by atoms with E-state index in [2.05, 4.69) is 28.8 Å². The van der Waals surface area contributed by atoms with Crippen molar-refractivity contribution in [1.82, 2.24) is 10.6 Å². The molecule has 1 atom stereocenters. The first-order valence-corrected chi connectivity index (χ1v) is 6.47. The van der Waals surface area contributed by atoms with Crippen LogP contribution < -0.4 is 15.4 Å². The van der Waals surface area contributed by atoms with Crippen molar-refractivity contribution in [3.8, 4) is 5.75 Å². The maximum Gasteiger partial charge on any atom is 0.119 e. The largest absolute Gasteiger partial charge is 0.497 e. The van der Waals surface area contributed by atoms with Gasteiger partial charge < -0.3 is 15.4 Å². The number of fused-ring (bicyclic) bond motifs is 1. The Bertz CT molecular complexity index is 401. The average Bonchev–Trinajstić information content (AvgIpc) is 3.19. The molecule has 0 aromatic heterocycles. The molecule has 1 saturated carbocycles. The fourth-order valence-corrected chi connectivity index (χ4v) is 2.53. The molecule has 1 unspecified atom stereocenters. The zero-order chi connectivity index (χ0) is 11.7. The lowest BCUT2D eigenvalue weighted by Crippen LogP contribution is -2.35. The van der Waals surface area contributed by atoms with Gasteiger partial charge in [-0.1, -0.05) is 6.07 Å². The third-order valence-electron chi connectivity index (χ3n) is 3.73. The molecule has 0 radical (unpaired) electrons. The predicted octanol–water partition coefficient (Wildman–Crippen LogP) is 1.63. The Morgan fingerprint density at radius 3 is 3.06 bits per heavy atom. The van der Waals surface area contributed by atoms with Crippen LogP contribution in [0.2, 0.25) is 0 Å². The topological polar surface area (TPSA) is 33.3 Å². The first-order chi connectivity index (χ1) is 8.36. The number of nitrogens with one attached hydrogen (secondary N) is 2. The van der Waals surface area contributed by atoms with Gasteiger partial charge in [-0.2, -0.15) is 0 Å². The van der Waals surface area contributed by atoms with Crippen LogP contribution in [-0.2, 0) is 6.54 Å². The molecule has 3 heteroatoms. The minimum atomic E-state index is 0.602. The quantitative estimate of drug-likeness (QED) is 0.828. The van der Waals surface area contributed by atoms with Gasteiger partial charge in [0, 0.05) is 31.6 Å². The second-order valence-corrected chi connectivity index (χ2v) is 5.08. The van der Waals surface area contributed by atoms with Crippen molar-refractivity contribution in [2.75, 3.05) is 20.2 Å². The van der Waals surface area contributed by atoms with E-state index in [9.17, 15) is 0 Å². The van der Waals surface area contributed by atoms with Crippen molar-refractivity contribution in [3.63, 3.8) is 0 Å². The highest BCUT2D eigenvalue weighted by atomic mass is 16.5. The molecule has 1 heterocycles. The summed E-state index contributed by atoms with van der Waals surface area (Å²) in [5.41, 5.74) is 2.87. The van der Waals surface area contributed by atoms with E-state index < -0.39 is 0 Å². The van der Waals surface area contributed by atoms with Gasteiger partial charge in [-0.3, -0.25) is 0 Å². The zero-order valence-electron chi connectivity index (χ0n) is 10.3. The Kier molecular flexibility index (Phi) is 3.04. The minimum Gasteiger partial charge on any atom is -0.497 e. The van der Waals surface area contributed by atoms with E-state index in [1.807, 2.05) is 0 Å². The monoisotopic (exact) mass is 232 g/mol. The average molecular weight is 232 g/mol. The number of hydrogen-bond acceptors (Lipinski definition) is 3. The molecule has 3 nitrogen and oxygen atoms in total. The lowest BCUT2D eigenvalue weighted by molar-refractivity contribution is 0.412. The summed E-state index contributed by atoms with van der Waals surface area (Å²) in [4.78, 5) is 0. The van der Waals surface area contributed by atoms with E-state index in [0.717, 1.165) is 31.4 Å². The fourth-order valence-electron chi connectivity index (χ4n) is 2.53. The molecule has 17 heavy (non-hydrogen) atoms. The van der Waals surface area contributed by atoms with Gasteiger partial charge in [-0.15, -0.1) is 0 Å². The molecule has 2 N–H and O–H groups in total. The lowest BCUT2D eigenvalue weighted by atomic mass is 9.90. The third kappa shape index (κ3) is 2.45. The first kappa shape index (κ1) is 11.1. The molecular weight excluding hydrogens is 212 g/mol. The van der Waals surface area contributed by atoms with Gasteiger partial charge in [-0.25, -0.2) is 0 Å². The smallest absolute Gasteiger partial charge is 0.119 e. The Balaban J connectivity index is 1.75. The summed E-state index contributed by atoms with van der Waals surface area (Å²) < 4.78 is 5.28. The summed E-state index contributed by atoms with van der Waals surface area (Å²) in [7, 11) is 1.73. The summed E-state index contributed by atoms with van der Waals surface area (Å²) in [5, 5.41) is 7.12. The molecule has 1 fully saturated rings. The van der Waals surface area contributed by atoms with E-state index in [0.29, 0.717) is 5.92 Å². The maximum atomic E-state index is 5.28. The Morgan fingerprint density at radius 1 is 1.41 bits per heavy atom. The van der Waals surface area contributed by atoms with E-state index in [-0.39, 0.29) is 0 Å². The summed E-state index contributed by atoms with van der Waals surface area (Å²) in [5.74, 6) is 1.56. The summed E-state index contributed by atoms with van der Waals surface area (Å²) in [6.07, 6.45) is 2.71. The van der Waals surface area contributed by atoms with Crippen LogP contribution in [0.15, 0.2) is 18.2 Å². The number of hydrogen-bond donors (Lipinski definition) is 2. The number of rotatable bonds is 4. The van der Waals surface area contributed by atoms with E-state index in [4.69, 9.17) is 4.74 Å². The Labute approximate surface area is 103 Å². The van der Waals surface area contributed by atoms with Crippen molar-refractivity contribution >= 4 is 0 Å². The van der Waals surface area contributed by atoms with Gasteiger partial charge in [0.2, 0.25) is 0 Å². The molecule has 1 aliphatic carbocycles. The van der Waals surface area contributed by atoms with Gasteiger partial charge in [0.15, 0.2) is 0 Å². The molecule has 3 rings (SSSR count). The van der Waals surface area contributed by atoms with Crippen molar-refractivity contribution in [1.29, 1.82) is 0 Å². The first-order valence-electron chi connectivity index (χ1n) is 6.47. The SMILES string of the molecule is COc1ccc2c(c1)CNCC2CNC1CC1. The van der Waals surface area contributed by atoms with Crippen LogP contribution in [0.25, 0.3) is 0 Å². The molecule has 92 valence electrons. The summed E-state index contributed by atoms with van der Waals surface area (Å²) in [6.45, 7) is 3.14. The number of methoxy groups -OCH3 is 1.